The first-order chi connectivity index (χ1) is 5.93. The lowest BCUT2D eigenvalue weighted by atomic mass is 10.1. The Morgan fingerprint density at radius 1 is 1.46 bits per heavy atom. The van der Waals surface area contributed by atoms with Gasteiger partial charge in [-0.25, -0.2) is 0 Å². The lowest BCUT2D eigenvalue weighted by Gasteiger charge is -2.13. The van der Waals surface area contributed by atoms with Gasteiger partial charge in [-0.1, -0.05) is 0 Å². The molecule has 1 atom stereocenters. The molecule has 2 N–H and O–H groups in total. The predicted molar refractivity (Wildman–Crippen MR) is 41.8 cm³/mol. The molecule has 0 fully saturated rings. The monoisotopic (exact) mass is 190 g/mol. The van der Waals surface area contributed by atoms with Crippen LogP contribution in [0.2, 0.25) is 0 Å². The fourth-order valence-corrected chi connectivity index (χ4v) is 1.03. The van der Waals surface area contributed by atoms with Crippen LogP contribution in [0.15, 0.2) is 18.5 Å². The number of nitrogens with two attached hydrogens (primary N) is 1. The largest absolute Gasteiger partial charge is 0.416 e. The molecule has 0 saturated carbocycles. The van der Waals surface area contributed by atoms with Gasteiger partial charge in [-0.3, -0.25) is 4.98 Å². The fourth-order valence-electron chi connectivity index (χ4n) is 1.03. The molecule has 0 aliphatic carbocycles. The molecule has 1 heterocycles. The molecule has 0 radical (unpaired) electrons. The number of rotatable bonds is 1. The van der Waals surface area contributed by atoms with Crippen molar-refractivity contribution in [3.63, 3.8) is 0 Å². The summed E-state index contributed by atoms with van der Waals surface area (Å²) in [6, 6.07) is 0.268. The van der Waals surface area contributed by atoms with Crippen LogP contribution < -0.4 is 5.73 Å². The van der Waals surface area contributed by atoms with Gasteiger partial charge >= 0.3 is 6.18 Å². The Labute approximate surface area is 73.6 Å². The van der Waals surface area contributed by atoms with E-state index < -0.39 is 17.8 Å². The molecular formula is C8H9F3N2. The second-order valence-electron chi connectivity index (χ2n) is 2.75. The zero-order valence-corrected chi connectivity index (χ0v) is 6.97. The van der Waals surface area contributed by atoms with Crippen LogP contribution in [0.5, 0.6) is 0 Å². The number of alkyl halides is 3. The first-order valence-corrected chi connectivity index (χ1v) is 3.69. The number of aromatic nitrogens is 1. The minimum atomic E-state index is -4.36. The van der Waals surface area contributed by atoms with E-state index in [1.807, 2.05) is 0 Å². The smallest absolute Gasteiger partial charge is 0.324 e. The molecule has 1 aromatic heterocycles. The number of hydrogen-bond donors (Lipinski definition) is 1. The van der Waals surface area contributed by atoms with E-state index in [1.54, 1.807) is 0 Å². The van der Waals surface area contributed by atoms with Gasteiger partial charge in [0.05, 0.1) is 5.56 Å². The third-order valence-electron chi connectivity index (χ3n) is 1.65. The Bertz CT molecular complexity index is 294. The third-order valence-corrected chi connectivity index (χ3v) is 1.65. The van der Waals surface area contributed by atoms with E-state index in [2.05, 4.69) is 4.98 Å². The number of hydrogen-bond acceptors (Lipinski definition) is 2. The van der Waals surface area contributed by atoms with Crippen molar-refractivity contribution < 1.29 is 13.2 Å². The van der Waals surface area contributed by atoms with E-state index >= 15 is 0 Å². The predicted octanol–water partition coefficient (Wildman–Crippen LogP) is 2.12. The van der Waals surface area contributed by atoms with Crippen LogP contribution in [0.1, 0.15) is 24.1 Å². The molecule has 13 heavy (non-hydrogen) atoms. The third kappa shape index (κ3) is 2.18. The van der Waals surface area contributed by atoms with E-state index in [0.29, 0.717) is 0 Å². The van der Waals surface area contributed by atoms with E-state index in [9.17, 15) is 13.2 Å². The van der Waals surface area contributed by atoms with Crippen molar-refractivity contribution in [3.8, 4) is 0 Å². The van der Waals surface area contributed by atoms with Crippen molar-refractivity contribution in [2.75, 3.05) is 0 Å². The Morgan fingerprint density at radius 3 is 2.46 bits per heavy atom. The van der Waals surface area contributed by atoms with Crippen molar-refractivity contribution in [1.29, 1.82) is 0 Å². The maximum Gasteiger partial charge on any atom is 0.416 e. The topological polar surface area (TPSA) is 38.9 Å². The Morgan fingerprint density at radius 2 is 2.08 bits per heavy atom. The minimum absolute atomic E-state index is 0.0231. The average molecular weight is 190 g/mol. The van der Waals surface area contributed by atoms with E-state index in [4.69, 9.17) is 5.73 Å². The molecule has 1 rings (SSSR count). The quantitative estimate of drug-likeness (QED) is 0.736. The van der Waals surface area contributed by atoms with Gasteiger partial charge in [-0.15, -0.1) is 0 Å². The highest BCUT2D eigenvalue weighted by atomic mass is 19.4. The number of nitrogens with zero attached hydrogens (tertiary/aromatic N) is 1. The zero-order valence-electron chi connectivity index (χ0n) is 6.97. The van der Waals surface area contributed by atoms with Crippen LogP contribution in [0.4, 0.5) is 13.2 Å². The summed E-state index contributed by atoms with van der Waals surface area (Å²) in [5.41, 5.74) is 4.68. The van der Waals surface area contributed by atoms with Crippen LogP contribution in [0.3, 0.4) is 0 Å². The van der Waals surface area contributed by atoms with Crippen LogP contribution >= 0.6 is 0 Å². The van der Waals surface area contributed by atoms with Gasteiger partial charge in [0.25, 0.3) is 0 Å². The molecule has 0 amide bonds. The normalized spacial score (nSPS) is 14.2. The SMILES string of the molecule is CC(N)c1cnccc1C(F)(F)F. The van der Waals surface area contributed by atoms with E-state index in [0.717, 1.165) is 18.5 Å². The molecule has 5 heteroatoms. The summed E-state index contributed by atoms with van der Waals surface area (Å²) < 4.78 is 37.0. The summed E-state index contributed by atoms with van der Waals surface area (Å²) in [4.78, 5) is 3.60. The number of halogens is 3. The summed E-state index contributed by atoms with van der Waals surface area (Å²) in [6.45, 7) is 1.49. The fraction of sp³-hybridized carbons (Fsp3) is 0.375. The van der Waals surface area contributed by atoms with Gasteiger partial charge in [0.15, 0.2) is 0 Å². The molecular weight excluding hydrogens is 181 g/mol. The van der Waals surface area contributed by atoms with Crippen LogP contribution in [-0.4, -0.2) is 4.98 Å². The molecule has 1 unspecified atom stereocenters. The molecule has 0 bridgehead atoms. The molecule has 0 saturated heterocycles. The standard InChI is InChI=1S/C8H9F3N2/c1-5(12)6-4-13-3-2-7(6)8(9,10)11/h2-5H,12H2,1H3. The molecule has 0 aromatic carbocycles. The summed E-state index contributed by atoms with van der Waals surface area (Å²) in [7, 11) is 0. The minimum Gasteiger partial charge on any atom is -0.324 e. The number of pyridine rings is 1. The van der Waals surface area contributed by atoms with Gasteiger partial charge in [-0.2, -0.15) is 13.2 Å². The van der Waals surface area contributed by atoms with Crippen molar-refractivity contribution in [2.24, 2.45) is 5.73 Å². The van der Waals surface area contributed by atoms with E-state index in [1.165, 1.54) is 6.92 Å². The van der Waals surface area contributed by atoms with Crippen molar-refractivity contribution >= 4 is 0 Å². The molecule has 0 aliphatic heterocycles. The van der Waals surface area contributed by atoms with Crippen LogP contribution in [0, 0.1) is 0 Å². The maximum absolute atomic E-state index is 12.3. The summed E-state index contributed by atoms with van der Waals surface area (Å²) in [5, 5.41) is 0. The van der Waals surface area contributed by atoms with Gasteiger partial charge in [0.2, 0.25) is 0 Å². The molecule has 72 valence electrons. The maximum atomic E-state index is 12.3. The van der Waals surface area contributed by atoms with Crippen molar-refractivity contribution in [2.45, 2.75) is 19.1 Å². The van der Waals surface area contributed by atoms with Crippen molar-refractivity contribution in [1.82, 2.24) is 4.98 Å². The van der Waals surface area contributed by atoms with Crippen LogP contribution in [-0.2, 0) is 6.18 Å². The second-order valence-corrected chi connectivity index (χ2v) is 2.75. The van der Waals surface area contributed by atoms with Gasteiger partial charge in [0.1, 0.15) is 0 Å². The van der Waals surface area contributed by atoms with Gasteiger partial charge in [0, 0.05) is 18.4 Å². The van der Waals surface area contributed by atoms with Gasteiger partial charge in [-0.05, 0) is 18.6 Å². The molecule has 0 aliphatic rings. The molecule has 0 spiro atoms. The average Bonchev–Trinajstić information content (AvgIpc) is 2.03. The van der Waals surface area contributed by atoms with E-state index in [-0.39, 0.29) is 5.56 Å². The zero-order chi connectivity index (χ0) is 10.1. The first kappa shape index (κ1) is 9.98. The molecule has 2 nitrogen and oxygen atoms in total. The first-order valence-electron chi connectivity index (χ1n) is 3.69. The lowest BCUT2D eigenvalue weighted by Crippen LogP contribution is -2.15. The highest BCUT2D eigenvalue weighted by molar-refractivity contribution is 5.28. The summed E-state index contributed by atoms with van der Waals surface area (Å²) >= 11 is 0. The Balaban J connectivity index is 3.20. The highest BCUT2D eigenvalue weighted by Crippen LogP contribution is 2.33. The molecule has 1 aromatic rings. The Hall–Kier alpha value is -1.10. The Kier molecular flexibility index (Phi) is 2.56. The summed E-state index contributed by atoms with van der Waals surface area (Å²) in [5.74, 6) is 0. The highest BCUT2D eigenvalue weighted by Gasteiger charge is 2.33. The van der Waals surface area contributed by atoms with Crippen molar-refractivity contribution in [3.05, 3.63) is 29.6 Å². The van der Waals surface area contributed by atoms with Crippen LogP contribution in [0.25, 0.3) is 0 Å². The summed E-state index contributed by atoms with van der Waals surface area (Å²) in [6.07, 6.45) is -2.10. The second kappa shape index (κ2) is 3.33. The lowest BCUT2D eigenvalue weighted by molar-refractivity contribution is -0.138. The van der Waals surface area contributed by atoms with Gasteiger partial charge < -0.3 is 5.73 Å².